The lowest BCUT2D eigenvalue weighted by Gasteiger charge is -2.09. The Labute approximate surface area is 273 Å². The van der Waals surface area contributed by atoms with Crippen LogP contribution >= 0.6 is 0 Å². The van der Waals surface area contributed by atoms with Crippen LogP contribution < -0.4 is 0 Å². The van der Waals surface area contributed by atoms with Crippen molar-refractivity contribution in [1.82, 2.24) is 19.9 Å². The molecule has 47 heavy (non-hydrogen) atoms. The molecule has 0 amide bonds. The summed E-state index contributed by atoms with van der Waals surface area (Å²) in [5, 5.41) is 0. The van der Waals surface area contributed by atoms with Gasteiger partial charge in [-0.1, -0.05) is 97.1 Å². The van der Waals surface area contributed by atoms with Crippen LogP contribution in [0, 0.1) is 0 Å². The molecular formula is C43H32N4. The van der Waals surface area contributed by atoms with E-state index in [0.717, 1.165) is 65.8 Å². The highest BCUT2D eigenvalue weighted by Gasteiger charge is 2.22. The van der Waals surface area contributed by atoms with E-state index in [-0.39, 0.29) is 0 Å². The Morgan fingerprint density at radius 1 is 0.447 bits per heavy atom. The molecule has 2 aromatic heterocycles. The Kier molecular flexibility index (Phi) is 5.86. The van der Waals surface area contributed by atoms with Crippen LogP contribution in [0.15, 0.2) is 121 Å². The van der Waals surface area contributed by atoms with E-state index in [9.17, 15) is 0 Å². The van der Waals surface area contributed by atoms with Gasteiger partial charge in [0.15, 0.2) is 0 Å². The van der Waals surface area contributed by atoms with Gasteiger partial charge in [0, 0.05) is 12.8 Å². The van der Waals surface area contributed by atoms with E-state index in [2.05, 4.69) is 131 Å². The number of H-pyrrole nitrogens is 2. The van der Waals surface area contributed by atoms with Crippen LogP contribution in [0.2, 0.25) is 0 Å². The van der Waals surface area contributed by atoms with Crippen molar-refractivity contribution in [3.63, 3.8) is 0 Å². The number of hydrogen-bond acceptors (Lipinski definition) is 2. The SMILES string of the molecule is c1ccc2c(c1)Cc1c(-c3ccc4nc(CCCc5nc6ccc(-c7cccc8c7Cc7ccccc7-8)cc6[nH]5)[nH]c4c3)cccc1-2. The lowest BCUT2D eigenvalue weighted by molar-refractivity contribution is 0.759. The van der Waals surface area contributed by atoms with E-state index >= 15 is 0 Å². The Morgan fingerprint density at radius 2 is 0.894 bits per heavy atom. The third-order valence-electron chi connectivity index (χ3n) is 10.2. The summed E-state index contributed by atoms with van der Waals surface area (Å²) in [6, 6.07) is 44.2. The standard InChI is InChI=1S/C43H32N4/c1-3-10-30-26(8-1)22-36-32(12-5-14-34(30)36)28-18-20-38-40(24-28)46-42(44-38)16-7-17-43-45-39-21-19-29(25-41(39)47-43)33-13-6-15-35-31-11-4-2-9-27(31)23-37(33)35/h1-6,8-15,18-21,24-25H,7,16-17,22-23H2,(H,44,46)(H,45,47). The zero-order valence-electron chi connectivity index (χ0n) is 26.0. The lowest BCUT2D eigenvalue weighted by Crippen LogP contribution is -1.93. The molecule has 0 aliphatic heterocycles. The maximum absolute atomic E-state index is 4.93. The molecule has 2 heterocycles. The Balaban J connectivity index is 0.859. The minimum atomic E-state index is 0.874. The third-order valence-corrected chi connectivity index (χ3v) is 10.2. The first kappa shape index (κ1) is 26.5. The predicted octanol–water partition coefficient (Wildman–Crippen LogP) is 10.1. The number of aryl methyl sites for hydroxylation is 2. The van der Waals surface area contributed by atoms with Crippen molar-refractivity contribution >= 4 is 22.1 Å². The van der Waals surface area contributed by atoms with Crippen molar-refractivity contribution in [3.05, 3.63) is 155 Å². The fourth-order valence-electron chi connectivity index (χ4n) is 7.98. The predicted molar refractivity (Wildman–Crippen MR) is 192 cm³/mol. The highest BCUT2D eigenvalue weighted by Crippen LogP contribution is 2.43. The van der Waals surface area contributed by atoms with E-state index < -0.39 is 0 Å². The second-order valence-corrected chi connectivity index (χ2v) is 13.0. The molecule has 0 bridgehead atoms. The third kappa shape index (κ3) is 4.36. The van der Waals surface area contributed by atoms with E-state index in [1.807, 2.05) is 0 Å². The van der Waals surface area contributed by atoms with Crippen molar-refractivity contribution in [1.29, 1.82) is 0 Å². The van der Waals surface area contributed by atoms with Crippen LogP contribution in [0.25, 0.3) is 66.6 Å². The summed E-state index contributed by atoms with van der Waals surface area (Å²) < 4.78 is 0. The van der Waals surface area contributed by atoms with Gasteiger partial charge >= 0.3 is 0 Å². The van der Waals surface area contributed by atoms with Crippen molar-refractivity contribution in [2.75, 3.05) is 0 Å². The van der Waals surface area contributed by atoms with Gasteiger partial charge < -0.3 is 9.97 Å². The molecule has 0 saturated heterocycles. The molecule has 10 rings (SSSR count). The van der Waals surface area contributed by atoms with E-state index in [0.29, 0.717) is 0 Å². The number of aromatic amines is 2. The van der Waals surface area contributed by atoms with Gasteiger partial charge in [0.25, 0.3) is 0 Å². The molecule has 0 spiro atoms. The molecule has 0 fully saturated rings. The quantitative estimate of drug-likeness (QED) is 0.198. The molecule has 2 aliphatic carbocycles. The molecule has 0 radical (unpaired) electrons. The molecule has 8 aromatic rings. The number of benzene rings is 6. The number of hydrogen-bond donors (Lipinski definition) is 2. The largest absolute Gasteiger partial charge is 0.342 e. The number of nitrogens with zero attached hydrogens (tertiary/aromatic N) is 2. The molecule has 4 heteroatoms. The average Bonchev–Trinajstić information content (AvgIpc) is 3.89. The van der Waals surface area contributed by atoms with Crippen LogP contribution in [0.5, 0.6) is 0 Å². The van der Waals surface area contributed by atoms with E-state index in [1.165, 1.54) is 66.8 Å². The normalized spacial score (nSPS) is 12.8. The Hall–Kier alpha value is -5.74. The molecule has 4 nitrogen and oxygen atoms in total. The van der Waals surface area contributed by atoms with Gasteiger partial charge in [-0.05, 0) is 110 Å². The molecule has 2 aliphatic rings. The molecule has 0 saturated carbocycles. The van der Waals surface area contributed by atoms with Crippen LogP contribution in [-0.4, -0.2) is 19.9 Å². The number of aromatic nitrogens is 4. The summed E-state index contributed by atoms with van der Waals surface area (Å²) in [6.07, 6.45) is 4.69. The van der Waals surface area contributed by atoms with Gasteiger partial charge in [0.05, 0.1) is 22.1 Å². The first-order chi connectivity index (χ1) is 23.2. The van der Waals surface area contributed by atoms with E-state index in [1.54, 1.807) is 0 Å². The van der Waals surface area contributed by atoms with Gasteiger partial charge in [-0.2, -0.15) is 0 Å². The maximum Gasteiger partial charge on any atom is 0.107 e. The lowest BCUT2D eigenvalue weighted by atomic mass is 9.95. The fraction of sp³-hybridized carbons (Fsp3) is 0.116. The average molecular weight is 605 g/mol. The summed E-state index contributed by atoms with van der Waals surface area (Å²) >= 11 is 0. The molecule has 2 N–H and O–H groups in total. The molecule has 6 aromatic carbocycles. The van der Waals surface area contributed by atoms with Gasteiger partial charge in [-0.3, -0.25) is 0 Å². The monoisotopic (exact) mass is 604 g/mol. The van der Waals surface area contributed by atoms with Crippen molar-refractivity contribution < 1.29 is 0 Å². The van der Waals surface area contributed by atoms with Crippen LogP contribution in [0.1, 0.15) is 40.3 Å². The fourth-order valence-corrected chi connectivity index (χ4v) is 7.98. The minimum absolute atomic E-state index is 0.874. The van der Waals surface area contributed by atoms with Crippen molar-refractivity contribution in [3.8, 4) is 44.5 Å². The smallest absolute Gasteiger partial charge is 0.107 e. The molecule has 224 valence electrons. The van der Waals surface area contributed by atoms with Gasteiger partial charge in [0.2, 0.25) is 0 Å². The van der Waals surface area contributed by atoms with Crippen LogP contribution in [0.3, 0.4) is 0 Å². The molecule has 0 atom stereocenters. The number of fused-ring (bicyclic) bond motifs is 8. The summed E-state index contributed by atoms with van der Waals surface area (Å²) in [5.41, 5.74) is 20.5. The second-order valence-electron chi connectivity index (χ2n) is 13.0. The maximum atomic E-state index is 4.93. The van der Waals surface area contributed by atoms with Gasteiger partial charge in [0.1, 0.15) is 11.6 Å². The summed E-state index contributed by atoms with van der Waals surface area (Å²) in [5.74, 6) is 2.06. The Morgan fingerprint density at radius 3 is 1.40 bits per heavy atom. The topological polar surface area (TPSA) is 57.4 Å². The summed E-state index contributed by atoms with van der Waals surface area (Å²) in [4.78, 5) is 17.1. The number of nitrogens with one attached hydrogen (secondary N) is 2. The first-order valence-corrected chi connectivity index (χ1v) is 16.6. The van der Waals surface area contributed by atoms with Crippen LogP contribution in [-0.2, 0) is 25.7 Å². The number of imidazole rings is 2. The summed E-state index contributed by atoms with van der Waals surface area (Å²) in [6.45, 7) is 0. The zero-order valence-corrected chi connectivity index (χ0v) is 26.0. The first-order valence-electron chi connectivity index (χ1n) is 16.6. The Bertz CT molecular complexity index is 2340. The van der Waals surface area contributed by atoms with Gasteiger partial charge in [-0.25, -0.2) is 9.97 Å². The molecular weight excluding hydrogens is 573 g/mol. The summed E-state index contributed by atoms with van der Waals surface area (Å²) in [7, 11) is 0. The minimum Gasteiger partial charge on any atom is -0.342 e. The van der Waals surface area contributed by atoms with Crippen molar-refractivity contribution in [2.24, 2.45) is 0 Å². The zero-order chi connectivity index (χ0) is 30.9. The number of rotatable bonds is 6. The van der Waals surface area contributed by atoms with E-state index in [4.69, 9.17) is 9.97 Å². The highest BCUT2D eigenvalue weighted by molar-refractivity contribution is 5.90. The highest BCUT2D eigenvalue weighted by atomic mass is 14.9. The van der Waals surface area contributed by atoms with Crippen LogP contribution in [0.4, 0.5) is 0 Å². The van der Waals surface area contributed by atoms with Gasteiger partial charge in [-0.15, -0.1) is 0 Å². The second kappa shape index (κ2) is 10.4. The van der Waals surface area contributed by atoms with Crippen molar-refractivity contribution in [2.45, 2.75) is 32.1 Å². The molecule has 0 unspecified atom stereocenters.